The molecule has 2 aromatic heterocycles. The molecule has 3 atom stereocenters. The maximum atomic E-state index is 13.7. The van der Waals surface area contributed by atoms with Crippen LogP contribution in [0.3, 0.4) is 0 Å². The highest BCUT2D eigenvalue weighted by molar-refractivity contribution is 6.31. The zero-order valence-corrected chi connectivity index (χ0v) is 28.3. The van der Waals surface area contributed by atoms with E-state index in [9.17, 15) is 22.8 Å². The molecule has 0 amide bonds. The number of hydrogen-bond donors (Lipinski definition) is 2. The van der Waals surface area contributed by atoms with E-state index in [2.05, 4.69) is 25.8 Å². The van der Waals surface area contributed by atoms with Crippen LogP contribution in [0.1, 0.15) is 40.5 Å². The van der Waals surface area contributed by atoms with Crippen molar-refractivity contribution in [3.63, 3.8) is 0 Å². The maximum Gasteiger partial charge on any atom is 0.417 e. The predicted octanol–water partition coefficient (Wildman–Crippen LogP) is 6.27. The Labute approximate surface area is 299 Å². The smallest absolute Gasteiger partial charge is 0.358 e. The molecule has 1 fully saturated rings. The van der Waals surface area contributed by atoms with Crippen molar-refractivity contribution < 1.29 is 22.6 Å². The fourth-order valence-corrected chi connectivity index (χ4v) is 6.69. The number of aromatic nitrogens is 6. The van der Waals surface area contributed by atoms with Gasteiger partial charge in [-0.2, -0.15) is 17.9 Å². The van der Waals surface area contributed by atoms with E-state index in [-0.39, 0.29) is 24.7 Å². The van der Waals surface area contributed by atoms with Crippen molar-refractivity contribution in [2.24, 2.45) is 0 Å². The van der Waals surface area contributed by atoms with Gasteiger partial charge in [0.15, 0.2) is 0 Å². The molecule has 1 saturated heterocycles. The third-order valence-corrected chi connectivity index (χ3v) is 9.31. The predicted molar refractivity (Wildman–Crippen MR) is 186 cm³/mol. The number of H-pyrrole nitrogens is 1. The summed E-state index contributed by atoms with van der Waals surface area (Å²) in [6, 6.07) is 31.9. The van der Waals surface area contributed by atoms with Gasteiger partial charge in [-0.3, -0.25) is 14.3 Å². The quantitative estimate of drug-likeness (QED) is 0.158. The molecule has 0 unspecified atom stereocenters. The number of anilines is 1. The summed E-state index contributed by atoms with van der Waals surface area (Å²) in [7, 11) is 0. The van der Waals surface area contributed by atoms with E-state index < -0.39 is 52.0 Å². The number of nitrogens with one attached hydrogen (secondary N) is 2. The molecule has 6 aromatic rings. The minimum atomic E-state index is -4.71. The van der Waals surface area contributed by atoms with Gasteiger partial charge in [0.2, 0.25) is 5.95 Å². The Bertz CT molecular complexity index is 2190. The highest BCUT2D eigenvalue weighted by Crippen LogP contribution is 2.42. The number of aromatic amines is 1. The Morgan fingerprint density at radius 2 is 1.52 bits per heavy atom. The summed E-state index contributed by atoms with van der Waals surface area (Å²) < 4.78 is 57.2. The monoisotopic (exact) mass is 729 g/mol. The van der Waals surface area contributed by atoms with Crippen LogP contribution in [-0.4, -0.2) is 48.5 Å². The van der Waals surface area contributed by atoms with E-state index in [1.165, 1.54) is 16.8 Å². The number of benzene rings is 4. The molecule has 0 spiro atoms. The number of tetrazole rings is 1. The van der Waals surface area contributed by atoms with Crippen molar-refractivity contribution in [2.45, 2.75) is 43.5 Å². The first-order chi connectivity index (χ1) is 25.0. The van der Waals surface area contributed by atoms with Crippen molar-refractivity contribution in [1.82, 2.24) is 29.8 Å². The largest absolute Gasteiger partial charge is 0.417 e. The highest BCUT2D eigenvalue weighted by atomic mass is 35.5. The van der Waals surface area contributed by atoms with Crippen molar-refractivity contribution in [2.75, 3.05) is 11.9 Å². The van der Waals surface area contributed by atoms with Gasteiger partial charge in [0, 0.05) is 18.2 Å². The summed E-state index contributed by atoms with van der Waals surface area (Å²) in [6.45, 7) is 1.54. The lowest BCUT2D eigenvalue weighted by Crippen LogP contribution is -2.40. The first kappa shape index (κ1) is 34.9. The van der Waals surface area contributed by atoms with Crippen molar-refractivity contribution in [1.29, 1.82) is 0 Å². The van der Waals surface area contributed by atoms with Crippen LogP contribution in [0, 0.1) is 6.92 Å². The number of hydrogen-bond acceptors (Lipinski definition) is 8. The summed E-state index contributed by atoms with van der Waals surface area (Å²) in [4.78, 5) is 27.5. The second-order valence-electron chi connectivity index (χ2n) is 12.3. The van der Waals surface area contributed by atoms with Gasteiger partial charge < -0.3 is 14.8 Å². The van der Waals surface area contributed by atoms with Gasteiger partial charge in [-0.25, -0.2) is 4.79 Å². The standard InChI is InChI=1S/C37H31ClF3N7O4/c1-23-21-47(35(50)43-33(23)49)32-20-30(42-34-44-45-46-48(34)27-17-18-29(38)28(19-27)37(39,40)41)31(52-32)22-51-36(24-11-5-2-6-12-24,25-13-7-3-8-14-25)26-15-9-4-10-16-26/h2-19,21,30-32H,20,22H2,1H3,(H,42,44,46)(H,43,49,50)/t30-,31+,32+/m0/s1. The lowest BCUT2D eigenvalue weighted by atomic mass is 9.80. The minimum absolute atomic E-state index is 0.0104. The Morgan fingerprint density at radius 1 is 0.923 bits per heavy atom. The molecule has 52 heavy (non-hydrogen) atoms. The van der Waals surface area contributed by atoms with Gasteiger partial charge in [-0.05, 0) is 52.2 Å². The normalized spacial score (nSPS) is 17.7. The van der Waals surface area contributed by atoms with Gasteiger partial charge in [0.25, 0.3) is 5.56 Å². The third kappa shape index (κ3) is 6.75. The summed E-state index contributed by atoms with van der Waals surface area (Å²) in [6.07, 6.45) is -4.78. The molecular formula is C37H31ClF3N7O4. The Morgan fingerprint density at radius 3 is 2.10 bits per heavy atom. The molecule has 0 bridgehead atoms. The van der Waals surface area contributed by atoms with Crippen LogP contribution in [0.2, 0.25) is 5.02 Å². The Hall–Kier alpha value is -5.57. The molecule has 11 nitrogen and oxygen atoms in total. The van der Waals surface area contributed by atoms with Crippen LogP contribution < -0.4 is 16.6 Å². The zero-order valence-electron chi connectivity index (χ0n) is 27.5. The van der Waals surface area contributed by atoms with Crippen LogP contribution in [0.25, 0.3) is 5.69 Å². The third-order valence-electron chi connectivity index (χ3n) is 8.98. The van der Waals surface area contributed by atoms with E-state index in [0.29, 0.717) is 5.56 Å². The van der Waals surface area contributed by atoms with Crippen LogP contribution in [0.5, 0.6) is 0 Å². The molecule has 15 heteroatoms. The van der Waals surface area contributed by atoms with Crippen LogP contribution in [0.15, 0.2) is 125 Å². The second-order valence-corrected chi connectivity index (χ2v) is 12.7. The first-order valence-corrected chi connectivity index (χ1v) is 16.6. The topological polar surface area (TPSA) is 129 Å². The van der Waals surface area contributed by atoms with Gasteiger partial charge in [0.05, 0.1) is 28.9 Å². The lowest BCUT2D eigenvalue weighted by Gasteiger charge is -2.37. The molecule has 7 rings (SSSR count). The van der Waals surface area contributed by atoms with Gasteiger partial charge >= 0.3 is 11.9 Å². The molecule has 1 aliphatic heterocycles. The number of rotatable bonds is 10. The molecule has 3 heterocycles. The van der Waals surface area contributed by atoms with Crippen molar-refractivity contribution in [3.05, 3.63) is 169 Å². The van der Waals surface area contributed by atoms with Gasteiger partial charge in [-0.15, -0.1) is 0 Å². The minimum Gasteiger partial charge on any atom is -0.358 e. The van der Waals surface area contributed by atoms with Crippen LogP contribution in [0.4, 0.5) is 19.1 Å². The Kier molecular flexibility index (Phi) is 9.53. The Balaban J connectivity index is 1.28. The molecule has 2 N–H and O–H groups in total. The number of halogens is 4. The summed E-state index contributed by atoms with van der Waals surface area (Å²) in [5.74, 6) is 0.0140. The average molecular weight is 730 g/mol. The first-order valence-electron chi connectivity index (χ1n) is 16.2. The molecule has 0 saturated carbocycles. The van der Waals surface area contributed by atoms with Gasteiger partial charge in [-0.1, -0.05) is 108 Å². The molecule has 0 radical (unpaired) electrons. The highest BCUT2D eigenvalue weighted by Gasteiger charge is 2.43. The molecule has 266 valence electrons. The van der Waals surface area contributed by atoms with Crippen molar-refractivity contribution >= 4 is 17.5 Å². The van der Waals surface area contributed by atoms with Crippen molar-refractivity contribution in [3.8, 4) is 5.69 Å². The lowest BCUT2D eigenvalue weighted by molar-refractivity contribution is -0.137. The fraction of sp³-hybridized carbons (Fsp3) is 0.216. The molecule has 0 aliphatic carbocycles. The van der Waals surface area contributed by atoms with Gasteiger partial charge in [0.1, 0.15) is 17.9 Å². The molecule has 1 aliphatic rings. The fourth-order valence-electron chi connectivity index (χ4n) is 6.46. The van der Waals surface area contributed by atoms with E-state index in [1.54, 1.807) is 6.92 Å². The van der Waals surface area contributed by atoms with E-state index >= 15 is 0 Å². The van der Waals surface area contributed by atoms with E-state index in [1.807, 2.05) is 91.0 Å². The van der Waals surface area contributed by atoms with E-state index in [0.717, 1.165) is 33.5 Å². The molecular weight excluding hydrogens is 699 g/mol. The number of ether oxygens (including phenoxy) is 2. The maximum absolute atomic E-state index is 13.7. The number of nitrogens with zero attached hydrogens (tertiary/aromatic N) is 5. The summed E-state index contributed by atoms with van der Waals surface area (Å²) in [5.41, 5.74) is -0.475. The van der Waals surface area contributed by atoms with Crippen LogP contribution >= 0.6 is 11.6 Å². The zero-order chi connectivity index (χ0) is 36.5. The summed E-state index contributed by atoms with van der Waals surface area (Å²) in [5, 5.41) is 14.5. The number of aryl methyl sites for hydroxylation is 1. The van der Waals surface area contributed by atoms with Crippen LogP contribution in [-0.2, 0) is 21.3 Å². The second kappa shape index (κ2) is 14.2. The number of alkyl halides is 3. The summed E-state index contributed by atoms with van der Waals surface area (Å²) >= 11 is 5.87. The molecule has 4 aromatic carbocycles. The van der Waals surface area contributed by atoms with E-state index in [4.69, 9.17) is 21.1 Å². The average Bonchev–Trinajstić information content (AvgIpc) is 3.78. The SMILES string of the molecule is Cc1cn([C@H]2C[C@H](Nc3nnnn3-c3ccc(Cl)c(C(F)(F)F)c3)[C@@H](COC(c3ccccc3)(c3ccccc3)c3ccccc3)O2)c(=O)[nH]c1=O.